The van der Waals surface area contributed by atoms with Crippen molar-refractivity contribution in [2.24, 2.45) is 5.14 Å². The number of sulfonamides is 1. The lowest BCUT2D eigenvalue weighted by molar-refractivity contribution is -0.137. The number of carbonyl (C=O) groups excluding carboxylic acids is 1. The van der Waals surface area contributed by atoms with Crippen molar-refractivity contribution < 1.29 is 23.1 Å². The SMILES string of the molecule is CC(C)(CCC(=O)O)NC(=O)c1nccc2c(S(N)(=O)=O)cccc12. The molecule has 0 fully saturated rings. The Balaban J connectivity index is 2.41. The first kappa shape index (κ1) is 18.8. The van der Waals surface area contributed by atoms with Crippen molar-refractivity contribution in [3.63, 3.8) is 0 Å². The van der Waals surface area contributed by atoms with E-state index in [0.29, 0.717) is 10.8 Å². The highest BCUT2D eigenvalue weighted by molar-refractivity contribution is 7.89. The maximum absolute atomic E-state index is 12.6. The number of hydrogen-bond donors (Lipinski definition) is 3. The van der Waals surface area contributed by atoms with Gasteiger partial charge in [0.25, 0.3) is 5.91 Å². The average molecular weight is 365 g/mol. The van der Waals surface area contributed by atoms with Gasteiger partial charge in [-0.15, -0.1) is 0 Å². The third-order valence-electron chi connectivity index (χ3n) is 3.70. The fourth-order valence-corrected chi connectivity index (χ4v) is 3.21. The maximum atomic E-state index is 12.6. The molecule has 1 heterocycles. The molecule has 0 saturated heterocycles. The summed E-state index contributed by atoms with van der Waals surface area (Å²) in [6.45, 7) is 3.41. The van der Waals surface area contributed by atoms with Crippen molar-refractivity contribution in [1.29, 1.82) is 0 Å². The quantitative estimate of drug-likeness (QED) is 0.704. The summed E-state index contributed by atoms with van der Waals surface area (Å²) in [5.74, 6) is -1.48. The summed E-state index contributed by atoms with van der Waals surface area (Å²) < 4.78 is 23.4. The van der Waals surface area contributed by atoms with Crippen molar-refractivity contribution in [1.82, 2.24) is 10.3 Å². The zero-order valence-electron chi connectivity index (χ0n) is 13.8. The average Bonchev–Trinajstić information content (AvgIpc) is 2.50. The summed E-state index contributed by atoms with van der Waals surface area (Å²) in [4.78, 5) is 27.2. The zero-order valence-corrected chi connectivity index (χ0v) is 14.6. The number of nitrogens with two attached hydrogens (primary N) is 1. The number of nitrogens with zero attached hydrogens (tertiary/aromatic N) is 1. The molecule has 134 valence electrons. The molecule has 8 nitrogen and oxygen atoms in total. The monoisotopic (exact) mass is 365 g/mol. The highest BCUT2D eigenvalue weighted by Gasteiger charge is 2.24. The number of aromatic nitrogens is 1. The summed E-state index contributed by atoms with van der Waals surface area (Å²) >= 11 is 0. The Morgan fingerprint density at radius 3 is 2.52 bits per heavy atom. The Bertz CT molecular complexity index is 938. The number of carboxylic acids is 1. The first-order valence-corrected chi connectivity index (χ1v) is 9.01. The van der Waals surface area contributed by atoms with Crippen LogP contribution in [0, 0.1) is 0 Å². The highest BCUT2D eigenvalue weighted by atomic mass is 32.2. The van der Waals surface area contributed by atoms with Gasteiger partial charge < -0.3 is 10.4 Å². The maximum Gasteiger partial charge on any atom is 0.303 e. The van der Waals surface area contributed by atoms with Crippen LogP contribution in [0.15, 0.2) is 35.4 Å². The van der Waals surface area contributed by atoms with Gasteiger partial charge in [0, 0.05) is 28.9 Å². The van der Waals surface area contributed by atoms with Gasteiger partial charge in [-0.1, -0.05) is 12.1 Å². The third-order valence-corrected chi connectivity index (χ3v) is 4.67. The van der Waals surface area contributed by atoms with Crippen LogP contribution in [0.2, 0.25) is 0 Å². The molecule has 0 bridgehead atoms. The minimum atomic E-state index is -3.95. The molecular formula is C16H19N3O5S. The van der Waals surface area contributed by atoms with E-state index in [0.717, 1.165) is 0 Å². The summed E-state index contributed by atoms with van der Waals surface area (Å²) in [6, 6.07) is 5.89. The summed E-state index contributed by atoms with van der Waals surface area (Å²) in [5, 5.41) is 17.4. The fraction of sp³-hybridized carbons (Fsp3) is 0.312. The number of fused-ring (bicyclic) bond motifs is 1. The molecule has 2 aromatic rings. The van der Waals surface area contributed by atoms with Crippen molar-refractivity contribution >= 4 is 32.7 Å². The molecule has 1 aromatic carbocycles. The Morgan fingerprint density at radius 2 is 1.92 bits per heavy atom. The van der Waals surface area contributed by atoms with Gasteiger partial charge in [-0.3, -0.25) is 14.6 Å². The van der Waals surface area contributed by atoms with Crippen LogP contribution in [0.3, 0.4) is 0 Å². The van der Waals surface area contributed by atoms with Crippen LogP contribution in [0.1, 0.15) is 37.2 Å². The number of rotatable bonds is 6. The van der Waals surface area contributed by atoms with Crippen molar-refractivity contribution in [2.75, 3.05) is 0 Å². The van der Waals surface area contributed by atoms with Crippen molar-refractivity contribution in [3.8, 4) is 0 Å². The van der Waals surface area contributed by atoms with Crippen LogP contribution in [-0.4, -0.2) is 35.9 Å². The predicted octanol–water partition coefficient (Wildman–Crippen LogP) is 1.26. The Morgan fingerprint density at radius 1 is 1.24 bits per heavy atom. The van der Waals surface area contributed by atoms with Gasteiger partial charge in [0.15, 0.2) is 0 Å². The molecule has 9 heteroatoms. The van der Waals surface area contributed by atoms with Crippen LogP contribution in [-0.2, 0) is 14.8 Å². The molecule has 0 saturated carbocycles. The number of carbonyl (C=O) groups is 2. The molecule has 25 heavy (non-hydrogen) atoms. The molecule has 0 aliphatic rings. The Hall–Kier alpha value is -2.52. The number of nitrogens with one attached hydrogen (secondary N) is 1. The second-order valence-corrected chi connectivity index (χ2v) is 7.82. The van der Waals surface area contributed by atoms with E-state index < -0.39 is 27.4 Å². The van der Waals surface area contributed by atoms with Crippen LogP contribution < -0.4 is 10.5 Å². The summed E-state index contributed by atoms with van der Waals surface area (Å²) in [7, 11) is -3.95. The molecule has 4 N–H and O–H groups in total. The van der Waals surface area contributed by atoms with Crippen molar-refractivity contribution in [3.05, 3.63) is 36.2 Å². The molecule has 0 atom stereocenters. The topological polar surface area (TPSA) is 139 Å². The number of carboxylic acid groups (broad SMARTS) is 1. The van der Waals surface area contributed by atoms with Crippen LogP contribution in [0.25, 0.3) is 10.8 Å². The van der Waals surface area contributed by atoms with E-state index in [1.165, 1.54) is 24.4 Å². The first-order valence-electron chi connectivity index (χ1n) is 7.46. The van der Waals surface area contributed by atoms with Gasteiger partial charge in [-0.2, -0.15) is 0 Å². The second-order valence-electron chi connectivity index (χ2n) is 6.29. The van der Waals surface area contributed by atoms with Gasteiger partial charge in [-0.05, 0) is 32.4 Å². The Kier molecular flexibility index (Phi) is 5.09. The number of amides is 1. The zero-order chi connectivity index (χ0) is 18.8. The van der Waals surface area contributed by atoms with E-state index in [2.05, 4.69) is 10.3 Å². The van der Waals surface area contributed by atoms with Crippen molar-refractivity contribution in [2.45, 2.75) is 37.1 Å². The van der Waals surface area contributed by atoms with E-state index in [1.54, 1.807) is 19.9 Å². The van der Waals surface area contributed by atoms with E-state index in [1.807, 2.05) is 0 Å². The first-order chi connectivity index (χ1) is 11.5. The van der Waals surface area contributed by atoms with E-state index in [-0.39, 0.29) is 23.4 Å². The fourth-order valence-electron chi connectivity index (χ4n) is 2.46. The lowest BCUT2D eigenvalue weighted by atomic mass is 9.98. The number of pyridine rings is 1. The number of benzene rings is 1. The molecule has 0 unspecified atom stereocenters. The number of primary sulfonamides is 1. The van der Waals surface area contributed by atoms with Crippen LogP contribution in [0.4, 0.5) is 0 Å². The van der Waals surface area contributed by atoms with Gasteiger partial charge in [0.1, 0.15) is 5.69 Å². The minimum Gasteiger partial charge on any atom is -0.481 e. The smallest absolute Gasteiger partial charge is 0.303 e. The standard InChI is InChI=1S/C16H19N3O5S/c1-16(2,8-6-13(20)21)19-15(22)14-11-4-3-5-12(25(17,23)24)10(11)7-9-18-14/h3-5,7,9H,6,8H2,1-2H3,(H,19,22)(H,20,21)(H2,17,23,24). The summed E-state index contributed by atoms with van der Waals surface area (Å²) in [5.41, 5.74) is -0.719. The largest absolute Gasteiger partial charge is 0.481 e. The van der Waals surface area contributed by atoms with Gasteiger partial charge in [0.2, 0.25) is 10.0 Å². The van der Waals surface area contributed by atoms with Gasteiger partial charge >= 0.3 is 5.97 Å². The second kappa shape index (κ2) is 6.77. The molecule has 1 aromatic heterocycles. The molecule has 2 rings (SSSR count). The minimum absolute atomic E-state index is 0.0476. The molecule has 0 aliphatic heterocycles. The lowest BCUT2D eigenvalue weighted by Gasteiger charge is -2.25. The number of hydrogen-bond acceptors (Lipinski definition) is 5. The molecule has 0 aliphatic carbocycles. The third kappa shape index (κ3) is 4.52. The predicted molar refractivity (Wildman–Crippen MR) is 91.5 cm³/mol. The van der Waals surface area contributed by atoms with E-state index >= 15 is 0 Å². The highest BCUT2D eigenvalue weighted by Crippen LogP contribution is 2.24. The normalized spacial score (nSPS) is 12.1. The van der Waals surface area contributed by atoms with E-state index in [4.69, 9.17) is 10.2 Å². The lowest BCUT2D eigenvalue weighted by Crippen LogP contribution is -2.44. The summed E-state index contributed by atoms with van der Waals surface area (Å²) in [6.07, 6.45) is 1.48. The Labute approximate surface area is 145 Å². The van der Waals surface area contributed by atoms with Gasteiger partial charge in [0.05, 0.1) is 4.90 Å². The molecular weight excluding hydrogens is 346 g/mol. The van der Waals surface area contributed by atoms with Crippen LogP contribution >= 0.6 is 0 Å². The number of aliphatic carboxylic acids is 1. The molecule has 0 spiro atoms. The molecule has 1 amide bonds. The van der Waals surface area contributed by atoms with Crippen LogP contribution in [0.5, 0.6) is 0 Å². The van der Waals surface area contributed by atoms with E-state index in [9.17, 15) is 18.0 Å². The van der Waals surface area contributed by atoms with Gasteiger partial charge in [-0.25, -0.2) is 13.6 Å². The molecule has 0 radical (unpaired) electrons.